The molecule has 0 spiro atoms. The average Bonchev–Trinajstić information content (AvgIpc) is 3.44. The summed E-state index contributed by atoms with van der Waals surface area (Å²) in [7, 11) is -3.70. The Morgan fingerprint density at radius 2 is 1.94 bits per heavy atom. The van der Waals surface area contributed by atoms with Crippen molar-refractivity contribution in [2.45, 2.75) is 4.90 Å². The number of sulfonamides is 1. The average molecular weight is 438 g/mol. The van der Waals surface area contributed by atoms with E-state index in [1.807, 2.05) is 4.90 Å². The van der Waals surface area contributed by atoms with Crippen molar-refractivity contribution >= 4 is 27.4 Å². The largest absolute Gasteiger partial charge is 0.459 e. The van der Waals surface area contributed by atoms with Crippen LogP contribution in [0.15, 0.2) is 60.8 Å². The van der Waals surface area contributed by atoms with Crippen LogP contribution in [-0.4, -0.2) is 56.9 Å². The second-order valence-corrected chi connectivity index (χ2v) is 8.73. The number of piperazine rings is 1. The zero-order valence-corrected chi connectivity index (χ0v) is 17.2. The predicted octanol–water partition coefficient (Wildman–Crippen LogP) is 2.14. The molecular weight excluding hydrogens is 420 g/mol. The number of amidine groups is 1. The maximum Gasteiger partial charge on any atom is 0.286 e. The number of hydrogen-bond donors (Lipinski definition) is 1. The molecule has 1 fully saturated rings. The van der Waals surface area contributed by atoms with Crippen LogP contribution in [0.4, 0.5) is 11.6 Å². The standard InChI is InChI=1S/C20H18N6O4S/c21-12-15-20(30-19(23-15)16-5-3-11-29-16)26-9-7-25(8-10-26)13-18-22-14-4-1-2-6-17(14)31(27,28)24-18/h1-6,11H,7-10,13H2,(H,22,24). The second kappa shape index (κ2) is 7.57. The molecule has 0 unspecified atom stereocenters. The zero-order chi connectivity index (χ0) is 21.4. The predicted molar refractivity (Wildman–Crippen MR) is 112 cm³/mol. The van der Waals surface area contributed by atoms with Gasteiger partial charge in [-0.15, -0.1) is 4.40 Å². The number of fused-ring (bicyclic) bond motifs is 1. The summed E-state index contributed by atoms with van der Waals surface area (Å²) in [6, 6.07) is 12.2. The van der Waals surface area contributed by atoms with Crippen LogP contribution < -0.4 is 10.2 Å². The van der Waals surface area contributed by atoms with Crippen LogP contribution in [0.1, 0.15) is 5.69 Å². The minimum atomic E-state index is -3.70. The van der Waals surface area contributed by atoms with Gasteiger partial charge in [-0.05, 0) is 24.3 Å². The third kappa shape index (κ3) is 3.67. The lowest BCUT2D eigenvalue weighted by Crippen LogP contribution is -2.49. The van der Waals surface area contributed by atoms with E-state index >= 15 is 0 Å². The molecule has 3 aromatic rings. The van der Waals surface area contributed by atoms with E-state index in [0.717, 1.165) is 0 Å². The number of nitriles is 1. The summed E-state index contributed by atoms with van der Waals surface area (Å²) in [6.07, 6.45) is 1.52. The molecule has 2 aliphatic rings. The number of para-hydroxylation sites is 1. The molecule has 2 aliphatic heterocycles. The van der Waals surface area contributed by atoms with Gasteiger partial charge in [0.05, 0.1) is 18.5 Å². The van der Waals surface area contributed by atoms with Crippen molar-refractivity contribution in [3.8, 4) is 17.7 Å². The zero-order valence-electron chi connectivity index (χ0n) is 16.4. The summed E-state index contributed by atoms with van der Waals surface area (Å²) in [4.78, 5) is 8.46. The van der Waals surface area contributed by atoms with Gasteiger partial charge in [-0.3, -0.25) is 4.90 Å². The van der Waals surface area contributed by atoms with Crippen molar-refractivity contribution < 1.29 is 17.3 Å². The van der Waals surface area contributed by atoms with E-state index in [9.17, 15) is 13.7 Å². The molecule has 4 heterocycles. The van der Waals surface area contributed by atoms with Gasteiger partial charge in [0.25, 0.3) is 15.9 Å². The van der Waals surface area contributed by atoms with Gasteiger partial charge in [0.1, 0.15) is 16.8 Å². The minimum absolute atomic E-state index is 0.185. The Hall–Kier alpha value is -3.62. The van der Waals surface area contributed by atoms with Crippen molar-refractivity contribution in [1.82, 2.24) is 9.88 Å². The maximum absolute atomic E-state index is 12.4. The Labute approximate surface area is 178 Å². The van der Waals surface area contributed by atoms with E-state index in [4.69, 9.17) is 8.83 Å². The van der Waals surface area contributed by atoms with Crippen molar-refractivity contribution in [1.29, 1.82) is 5.26 Å². The number of oxazole rings is 1. The van der Waals surface area contributed by atoms with Crippen LogP contribution >= 0.6 is 0 Å². The number of anilines is 2. The number of nitrogens with zero attached hydrogens (tertiary/aromatic N) is 5. The fraction of sp³-hybridized carbons (Fsp3) is 0.250. The molecule has 31 heavy (non-hydrogen) atoms. The Balaban J connectivity index is 1.27. The first-order valence-corrected chi connectivity index (χ1v) is 11.1. The lowest BCUT2D eigenvalue weighted by molar-refractivity contribution is 0.286. The summed E-state index contributed by atoms with van der Waals surface area (Å²) in [5.74, 6) is 1.54. The van der Waals surface area contributed by atoms with E-state index in [0.29, 0.717) is 55.9 Å². The molecule has 1 N–H and O–H groups in total. The van der Waals surface area contributed by atoms with Crippen molar-refractivity contribution in [2.24, 2.45) is 4.40 Å². The van der Waals surface area contributed by atoms with E-state index in [1.165, 1.54) is 12.3 Å². The van der Waals surface area contributed by atoms with E-state index in [1.54, 1.807) is 30.3 Å². The molecule has 158 valence electrons. The summed E-state index contributed by atoms with van der Waals surface area (Å²) >= 11 is 0. The van der Waals surface area contributed by atoms with Gasteiger partial charge >= 0.3 is 0 Å². The Bertz CT molecular complexity index is 1280. The smallest absolute Gasteiger partial charge is 0.286 e. The topological polar surface area (TPSA) is 128 Å². The third-order valence-corrected chi connectivity index (χ3v) is 6.53. The lowest BCUT2D eigenvalue weighted by Gasteiger charge is -2.35. The molecule has 0 aliphatic carbocycles. The summed E-state index contributed by atoms with van der Waals surface area (Å²) < 4.78 is 39.9. The molecule has 0 amide bonds. The van der Waals surface area contributed by atoms with Gasteiger partial charge in [-0.25, -0.2) is 0 Å². The van der Waals surface area contributed by atoms with Crippen LogP contribution in [0.5, 0.6) is 0 Å². The number of rotatable bonds is 4. The third-order valence-electron chi connectivity index (χ3n) is 5.15. The minimum Gasteiger partial charge on any atom is -0.459 e. The Morgan fingerprint density at radius 1 is 1.13 bits per heavy atom. The van der Waals surface area contributed by atoms with Gasteiger partial charge < -0.3 is 19.1 Å². The van der Waals surface area contributed by atoms with Gasteiger partial charge in [0.15, 0.2) is 5.76 Å². The Morgan fingerprint density at radius 3 is 2.68 bits per heavy atom. The number of benzene rings is 1. The molecule has 1 aromatic carbocycles. The highest BCUT2D eigenvalue weighted by molar-refractivity contribution is 7.90. The molecular formula is C20H18N6O4S. The highest BCUT2D eigenvalue weighted by Crippen LogP contribution is 2.30. The highest BCUT2D eigenvalue weighted by Gasteiger charge is 2.28. The second-order valence-electron chi connectivity index (χ2n) is 7.16. The van der Waals surface area contributed by atoms with Crippen LogP contribution in [0.2, 0.25) is 0 Å². The Kier molecular flexibility index (Phi) is 4.72. The summed E-state index contributed by atoms with van der Waals surface area (Å²) in [5.41, 5.74) is 0.748. The number of aromatic nitrogens is 1. The van der Waals surface area contributed by atoms with Gasteiger partial charge in [-0.1, -0.05) is 12.1 Å². The molecule has 11 heteroatoms. The molecule has 0 bridgehead atoms. The highest BCUT2D eigenvalue weighted by atomic mass is 32.2. The molecule has 0 radical (unpaired) electrons. The summed E-state index contributed by atoms with van der Waals surface area (Å²) in [6.45, 7) is 2.85. The fourth-order valence-corrected chi connectivity index (χ4v) is 4.80. The van der Waals surface area contributed by atoms with Crippen LogP contribution in [0, 0.1) is 11.3 Å². The van der Waals surface area contributed by atoms with Crippen LogP contribution in [0.3, 0.4) is 0 Å². The number of furan rings is 1. The van der Waals surface area contributed by atoms with E-state index in [-0.39, 0.29) is 16.5 Å². The SMILES string of the molecule is N#Cc1nc(-c2ccco2)oc1N1CCN(CC2=NS(=O)(=O)c3ccccc3N2)CC1. The van der Waals surface area contributed by atoms with Crippen molar-refractivity contribution in [2.75, 3.05) is 42.9 Å². The first-order chi connectivity index (χ1) is 15.0. The molecule has 0 saturated carbocycles. The molecule has 10 nitrogen and oxygen atoms in total. The van der Waals surface area contributed by atoms with E-state index in [2.05, 4.69) is 25.7 Å². The molecule has 1 saturated heterocycles. The summed E-state index contributed by atoms with van der Waals surface area (Å²) in [5, 5.41) is 12.5. The van der Waals surface area contributed by atoms with Crippen molar-refractivity contribution in [3.05, 3.63) is 48.4 Å². The van der Waals surface area contributed by atoms with Crippen LogP contribution in [-0.2, 0) is 10.0 Å². The van der Waals surface area contributed by atoms with Gasteiger partial charge in [0, 0.05) is 26.2 Å². The lowest BCUT2D eigenvalue weighted by atomic mass is 10.3. The van der Waals surface area contributed by atoms with Gasteiger partial charge in [-0.2, -0.15) is 18.7 Å². The van der Waals surface area contributed by atoms with Gasteiger partial charge in [0.2, 0.25) is 11.6 Å². The maximum atomic E-state index is 12.4. The monoisotopic (exact) mass is 438 g/mol. The molecule has 5 rings (SSSR count). The van der Waals surface area contributed by atoms with Crippen molar-refractivity contribution in [3.63, 3.8) is 0 Å². The number of nitrogens with one attached hydrogen (secondary N) is 1. The van der Waals surface area contributed by atoms with E-state index < -0.39 is 10.0 Å². The quantitative estimate of drug-likeness (QED) is 0.651. The van der Waals surface area contributed by atoms with Crippen LogP contribution in [0.25, 0.3) is 11.7 Å². The normalized spacial score (nSPS) is 18.0. The fourth-order valence-electron chi connectivity index (χ4n) is 3.66. The number of hydrogen-bond acceptors (Lipinski definition) is 9. The molecule has 2 aromatic heterocycles. The molecule has 0 atom stereocenters. The first-order valence-electron chi connectivity index (χ1n) is 9.65. The first kappa shape index (κ1) is 19.3.